The standard InChI is InChI=1S/C18H16BrClN2O2S/c1-11-14(20)6-7-15-16(11)22(8-9-24-2)18(25-15)21-17(23)12-4-3-5-13(19)10-12/h3-7,10H,8-9H2,1-2H3. The fourth-order valence-electron chi connectivity index (χ4n) is 2.56. The van der Waals surface area contributed by atoms with Gasteiger partial charge in [-0.15, -0.1) is 0 Å². The summed E-state index contributed by atoms with van der Waals surface area (Å²) < 4.78 is 9.10. The maximum absolute atomic E-state index is 12.6. The Labute approximate surface area is 162 Å². The number of ether oxygens (including phenoxy) is 1. The third kappa shape index (κ3) is 3.87. The van der Waals surface area contributed by atoms with Crippen molar-refractivity contribution in [2.75, 3.05) is 13.7 Å². The summed E-state index contributed by atoms with van der Waals surface area (Å²) in [6, 6.07) is 11.0. The minimum atomic E-state index is -0.275. The van der Waals surface area contributed by atoms with Gasteiger partial charge in [0.25, 0.3) is 5.91 Å². The van der Waals surface area contributed by atoms with Crippen LogP contribution in [0.25, 0.3) is 10.2 Å². The third-order valence-corrected chi connectivity index (χ3v) is 5.76. The van der Waals surface area contributed by atoms with Gasteiger partial charge >= 0.3 is 0 Å². The first-order valence-electron chi connectivity index (χ1n) is 7.63. The molecule has 25 heavy (non-hydrogen) atoms. The average molecular weight is 440 g/mol. The van der Waals surface area contributed by atoms with Gasteiger partial charge in [0.2, 0.25) is 0 Å². The van der Waals surface area contributed by atoms with Crippen LogP contribution in [0.1, 0.15) is 15.9 Å². The predicted molar refractivity (Wildman–Crippen MR) is 105 cm³/mol. The summed E-state index contributed by atoms with van der Waals surface area (Å²) in [5, 5.41) is 0.696. The second kappa shape index (κ2) is 7.83. The molecule has 2 aromatic carbocycles. The van der Waals surface area contributed by atoms with Crippen molar-refractivity contribution in [3.8, 4) is 0 Å². The number of hydrogen-bond acceptors (Lipinski definition) is 3. The van der Waals surface area contributed by atoms with Crippen LogP contribution in [-0.2, 0) is 11.3 Å². The summed E-state index contributed by atoms with van der Waals surface area (Å²) in [4.78, 5) is 17.6. The number of methoxy groups -OCH3 is 1. The van der Waals surface area contributed by atoms with E-state index in [1.54, 1.807) is 19.2 Å². The molecule has 1 heterocycles. The molecule has 130 valence electrons. The SMILES string of the molecule is COCCn1c(=NC(=O)c2cccc(Br)c2)sc2ccc(Cl)c(C)c21. The Morgan fingerprint density at radius 2 is 2.16 bits per heavy atom. The van der Waals surface area contributed by atoms with Gasteiger partial charge in [0.05, 0.1) is 16.8 Å². The van der Waals surface area contributed by atoms with Crippen molar-refractivity contribution in [3.05, 3.63) is 61.8 Å². The lowest BCUT2D eigenvalue weighted by molar-refractivity contribution is 0.0997. The number of carbonyl (C=O) groups is 1. The molecule has 3 aromatic rings. The largest absolute Gasteiger partial charge is 0.383 e. The van der Waals surface area contributed by atoms with Gasteiger partial charge in [-0.1, -0.05) is 44.9 Å². The molecule has 4 nitrogen and oxygen atoms in total. The van der Waals surface area contributed by atoms with E-state index < -0.39 is 0 Å². The van der Waals surface area contributed by atoms with Crippen molar-refractivity contribution >= 4 is 55.0 Å². The van der Waals surface area contributed by atoms with E-state index in [1.807, 2.05) is 35.8 Å². The maximum atomic E-state index is 12.6. The van der Waals surface area contributed by atoms with Gasteiger partial charge in [0.1, 0.15) is 0 Å². The van der Waals surface area contributed by atoms with Gasteiger partial charge in [-0.25, -0.2) is 0 Å². The minimum Gasteiger partial charge on any atom is -0.383 e. The van der Waals surface area contributed by atoms with Gasteiger partial charge in [-0.2, -0.15) is 4.99 Å². The summed E-state index contributed by atoms with van der Waals surface area (Å²) in [5.41, 5.74) is 2.51. The molecule has 0 fully saturated rings. The van der Waals surface area contributed by atoms with E-state index in [1.165, 1.54) is 11.3 Å². The highest BCUT2D eigenvalue weighted by Crippen LogP contribution is 2.27. The lowest BCUT2D eigenvalue weighted by Gasteiger charge is -2.07. The summed E-state index contributed by atoms with van der Waals surface area (Å²) in [5.74, 6) is -0.275. The Kier molecular flexibility index (Phi) is 5.74. The lowest BCUT2D eigenvalue weighted by Crippen LogP contribution is -2.19. The first-order valence-corrected chi connectivity index (χ1v) is 9.62. The van der Waals surface area contributed by atoms with Crippen molar-refractivity contribution in [1.29, 1.82) is 0 Å². The molecule has 3 rings (SSSR count). The first-order chi connectivity index (χ1) is 12.0. The Hall–Kier alpha value is -1.47. The number of amides is 1. The van der Waals surface area contributed by atoms with Gasteiger partial charge in [0, 0.05) is 28.7 Å². The van der Waals surface area contributed by atoms with E-state index in [0.717, 1.165) is 20.3 Å². The number of halogens is 2. The molecule has 0 atom stereocenters. The second-order valence-electron chi connectivity index (χ2n) is 5.48. The van der Waals surface area contributed by atoms with Crippen LogP contribution >= 0.6 is 38.9 Å². The third-order valence-electron chi connectivity index (χ3n) is 3.82. The molecule has 0 aliphatic heterocycles. The highest BCUT2D eigenvalue weighted by Gasteiger charge is 2.13. The van der Waals surface area contributed by atoms with Crippen LogP contribution in [0.4, 0.5) is 0 Å². The molecule has 0 unspecified atom stereocenters. The van der Waals surface area contributed by atoms with Crippen molar-refractivity contribution in [2.24, 2.45) is 4.99 Å². The van der Waals surface area contributed by atoms with E-state index in [0.29, 0.717) is 28.5 Å². The number of fused-ring (bicyclic) bond motifs is 1. The molecular formula is C18H16BrClN2O2S. The summed E-state index contributed by atoms with van der Waals surface area (Å²) in [6.45, 7) is 3.10. The Morgan fingerprint density at radius 1 is 1.36 bits per heavy atom. The van der Waals surface area contributed by atoms with Gasteiger partial charge in [-0.05, 0) is 42.8 Å². The molecule has 1 amide bonds. The molecule has 0 saturated heterocycles. The number of rotatable bonds is 4. The molecular weight excluding hydrogens is 424 g/mol. The highest BCUT2D eigenvalue weighted by molar-refractivity contribution is 9.10. The summed E-state index contributed by atoms with van der Waals surface area (Å²) in [7, 11) is 1.65. The quantitative estimate of drug-likeness (QED) is 0.585. The van der Waals surface area contributed by atoms with Crippen molar-refractivity contribution in [3.63, 3.8) is 0 Å². The summed E-state index contributed by atoms with van der Waals surface area (Å²) in [6.07, 6.45) is 0. The maximum Gasteiger partial charge on any atom is 0.279 e. The van der Waals surface area contributed by atoms with Crippen LogP contribution in [0.15, 0.2) is 45.9 Å². The molecule has 0 radical (unpaired) electrons. The average Bonchev–Trinajstić information content (AvgIpc) is 2.94. The zero-order chi connectivity index (χ0) is 18.0. The van der Waals surface area contributed by atoms with Gasteiger partial charge in [0.15, 0.2) is 4.80 Å². The monoisotopic (exact) mass is 438 g/mol. The normalized spacial score (nSPS) is 12.1. The van der Waals surface area contributed by atoms with Gasteiger partial charge < -0.3 is 9.30 Å². The first kappa shape index (κ1) is 18.3. The zero-order valence-corrected chi connectivity index (χ0v) is 16.9. The number of nitrogens with zero attached hydrogens (tertiary/aromatic N) is 2. The fourth-order valence-corrected chi connectivity index (χ4v) is 4.23. The Balaban J connectivity index is 2.17. The minimum absolute atomic E-state index is 0.275. The molecule has 0 bridgehead atoms. The van der Waals surface area contributed by atoms with Crippen LogP contribution in [0, 0.1) is 6.92 Å². The molecule has 0 aliphatic carbocycles. The van der Waals surface area contributed by atoms with E-state index in [9.17, 15) is 4.79 Å². The predicted octanol–water partition coefficient (Wildman–Crippen LogP) is 4.81. The highest BCUT2D eigenvalue weighted by atomic mass is 79.9. The van der Waals surface area contributed by atoms with E-state index in [2.05, 4.69) is 20.9 Å². The number of hydrogen-bond donors (Lipinski definition) is 0. The molecule has 7 heteroatoms. The number of aromatic nitrogens is 1. The lowest BCUT2D eigenvalue weighted by atomic mass is 10.2. The Morgan fingerprint density at radius 3 is 2.88 bits per heavy atom. The molecule has 0 N–H and O–H groups in total. The van der Waals surface area contributed by atoms with Crippen LogP contribution in [0.2, 0.25) is 5.02 Å². The fraction of sp³-hybridized carbons (Fsp3) is 0.222. The van der Waals surface area contributed by atoms with Crippen LogP contribution in [0.3, 0.4) is 0 Å². The van der Waals surface area contributed by atoms with Crippen LogP contribution in [0.5, 0.6) is 0 Å². The smallest absolute Gasteiger partial charge is 0.279 e. The van der Waals surface area contributed by atoms with Crippen molar-refractivity contribution in [1.82, 2.24) is 4.57 Å². The summed E-state index contributed by atoms with van der Waals surface area (Å²) >= 11 is 11.1. The van der Waals surface area contributed by atoms with Crippen LogP contribution < -0.4 is 4.80 Å². The molecule has 0 aliphatic rings. The van der Waals surface area contributed by atoms with E-state index in [4.69, 9.17) is 16.3 Å². The number of aryl methyl sites for hydroxylation is 1. The van der Waals surface area contributed by atoms with Crippen molar-refractivity contribution in [2.45, 2.75) is 13.5 Å². The topological polar surface area (TPSA) is 43.6 Å². The molecule has 1 aromatic heterocycles. The van der Waals surface area contributed by atoms with E-state index >= 15 is 0 Å². The van der Waals surface area contributed by atoms with Crippen LogP contribution in [-0.4, -0.2) is 24.2 Å². The second-order valence-corrected chi connectivity index (χ2v) is 7.81. The molecule has 0 saturated carbocycles. The van der Waals surface area contributed by atoms with Crippen molar-refractivity contribution < 1.29 is 9.53 Å². The van der Waals surface area contributed by atoms with Gasteiger partial charge in [-0.3, -0.25) is 4.79 Å². The number of carbonyl (C=O) groups excluding carboxylic acids is 1. The number of benzene rings is 2. The Bertz CT molecular complexity index is 1010. The zero-order valence-electron chi connectivity index (χ0n) is 13.8. The molecule has 0 spiro atoms. The number of thiazole rings is 1. The van der Waals surface area contributed by atoms with E-state index in [-0.39, 0.29) is 5.91 Å².